The van der Waals surface area contributed by atoms with E-state index < -0.39 is 0 Å². The Morgan fingerprint density at radius 3 is 2.57 bits per heavy atom. The highest BCUT2D eigenvalue weighted by Crippen LogP contribution is 2.35. The van der Waals surface area contributed by atoms with Crippen molar-refractivity contribution in [2.75, 3.05) is 11.1 Å². The summed E-state index contributed by atoms with van der Waals surface area (Å²) in [4.78, 5) is 17.2. The van der Waals surface area contributed by atoms with Crippen molar-refractivity contribution >= 4 is 44.9 Å². The lowest BCUT2D eigenvalue weighted by molar-refractivity contribution is -0.113. The molecule has 0 atom stereocenters. The van der Waals surface area contributed by atoms with Gasteiger partial charge in [-0.2, -0.15) is 0 Å². The summed E-state index contributed by atoms with van der Waals surface area (Å²) in [5.74, 6) is 0.177. The van der Waals surface area contributed by atoms with Gasteiger partial charge in [0.1, 0.15) is 16.2 Å². The molecule has 4 aromatic rings. The molecule has 0 unspecified atom stereocenters. The van der Waals surface area contributed by atoms with Gasteiger partial charge < -0.3 is 5.32 Å². The van der Waals surface area contributed by atoms with Crippen LogP contribution >= 0.6 is 23.1 Å². The fourth-order valence-electron chi connectivity index (χ4n) is 3.12. The highest BCUT2D eigenvalue weighted by Gasteiger charge is 2.17. The maximum Gasteiger partial charge on any atom is 0.234 e. The molecule has 4 rings (SSSR count). The fraction of sp³-hybridized carbons (Fsp3) is 0.217. The monoisotopic (exact) mass is 434 g/mol. The predicted molar refractivity (Wildman–Crippen MR) is 125 cm³/mol. The number of hydrogen-bond acceptors (Lipinski definition) is 6. The third-order valence-electron chi connectivity index (χ3n) is 4.94. The van der Waals surface area contributed by atoms with Gasteiger partial charge in [0.25, 0.3) is 0 Å². The van der Waals surface area contributed by atoms with Gasteiger partial charge in [-0.05, 0) is 44.9 Å². The molecular weight excluding hydrogens is 412 g/mol. The van der Waals surface area contributed by atoms with Gasteiger partial charge >= 0.3 is 0 Å². The van der Waals surface area contributed by atoms with Crippen LogP contribution in [0, 0.1) is 27.7 Å². The van der Waals surface area contributed by atoms with E-state index in [2.05, 4.69) is 51.7 Å². The molecule has 0 aliphatic rings. The third-order valence-corrected chi connectivity index (χ3v) is 6.87. The molecule has 5 nitrogen and oxygen atoms in total. The third kappa shape index (κ3) is 4.22. The molecule has 2 aromatic heterocycles. The highest BCUT2D eigenvalue weighted by atomic mass is 32.2. The van der Waals surface area contributed by atoms with Crippen molar-refractivity contribution in [2.24, 2.45) is 0 Å². The first-order valence-corrected chi connectivity index (χ1v) is 11.4. The van der Waals surface area contributed by atoms with E-state index in [0.29, 0.717) is 5.03 Å². The van der Waals surface area contributed by atoms with E-state index in [1.54, 1.807) is 11.3 Å². The molecule has 0 fully saturated rings. The standard InChI is InChI=1S/C23H22N4OS2/c1-13-8-10-17(11-9-13)20-22-21(24-16(4)30-22)23(27-26-20)29-12-19(28)25-18-7-5-6-14(2)15(18)3/h5-11H,12H2,1-4H3,(H,25,28). The molecule has 1 amide bonds. The van der Waals surface area contributed by atoms with E-state index in [4.69, 9.17) is 0 Å². The number of aryl methyl sites for hydroxylation is 3. The number of thioether (sulfide) groups is 1. The van der Waals surface area contributed by atoms with Gasteiger partial charge in [0.15, 0.2) is 0 Å². The minimum Gasteiger partial charge on any atom is -0.325 e. The Balaban J connectivity index is 1.56. The van der Waals surface area contributed by atoms with Gasteiger partial charge in [0, 0.05) is 11.3 Å². The number of nitrogens with zero attached hydrogens (tertiary/aromatic N) is 3. The summed E-state index contributed by atoms with van der Waals surface area (Å²) >= 11 is 2.97. The van der Waals surface area contributed by atoms with Crippen molar-refractivity contribution in [1.82, 2.24) is 15.2 Å². The van der Waals surface area contributed by atoms with Crippen LogP contribution < -0.4 is 5.32 Å². The van der Waals surface area contributed by atoms with Crippen LogP contribution in [0.3, 0.4) is 0 Å². The maximum absolute atomic E-state index is 12.5. The number of fused-ring (bicyclic) bond motifs is 1. The van der Waals surface area contributed by atoms with E-state index in [1.807, 2.05) is 39.0 Å². The fourth-order valence-corrected chi connectivity index (χ4v) is 4.84. The first-order valence-electron chi connectivity index (χ1n) is 9.62. The van der Waals surface area contributed by atoms with Crippen LogP contribution in [-0.4, -0.2) is 26.8 Å². The molecule has 152 valence electrons. The number of amides is 1. The van der Waals surface area contributed by atoms with Crippen LogP contribution in [-0.2, 0) is 4.79 Å². The molecule has 0 saturated heterocycles. The van der Waals surface area contributed by atoms with Crippen molar-refractivity contribution in [3.05, 3.63) is 64.2 Å². The van der Waals surface area contributed by atoms with Crippen LogP contribution in [0.15, 0.2) is 47.5 Å². The van der Waals surface area contributed by atoms with E-state index in [1.165, 1.54) is 17.3 Å². The second kappa shape index (κ2) is 8.53. The quantitative estimate of drug-likeness (QED) is 0.407. The zero-order valence-corrected chi connectivity index (χ0v) is 18.9. The molecule has 0 radical (unpaired) electrons. The minimum absolute atomic E-state index is 0.0711. The van der Waals surface area contributed by atoms with Crippen molar-refractivity contribution in [2.45, 2.75) is 32.7 Å². The van der Waals surface area contributed by atoms with E-state index >= 15 is 0 Å². The number of nitrogens with one attached hydrogen (secondary N) is 1. The van der Waals surface area contributed by atoms with Crippen molar-refractivity contribution in [3.63, 3.8) is 0 Å². The molecule has 0 aliphatic heterocycles. The maximum atomic E-state index is 12.5. The predicted octanol–water partition coefficient (Wildman–Crippen LogP) is 5.72. The smallest absolute Gasteiger partial charge is 0.234 e. The van der Waals surface area contributed by atoms with Gasteiger partial charge in [0.2, 0.25) is 5.91 Å². The summed E-state index contributed by atoms with van der Waals surface area (Å²) < 4.78 is 1.00. The summed E-state index contributed by atoms with van der Waals surface area (Å²) in [7, 11) is 0. The second-order valence-electron chi connectivity index (χ2n) is 7.21. The topological polar surface area (TPSA) is 67.8 Å². The first kappa shape index (κ1) is 20.5. The lowest BCUT2D eigenvalue weighted by Crippen LogP contribution is -2.15. The molecule has 2 heterocycles. The van der Waals surface area contributed by atoms with Crippen LogP contribution in [0.4, 0.5) is 5.69 Å². The number of hydrogen-bond donors (Lipinski definition) is 1. The normalized spacial score (nSPS) is 11.1. The van der Waals surface area contributed by atoms with Crippen LogP contribution in [0.1, 0.15) is 21.7 Å². The number of benzene rings is 2. The SMILES string of the molecule is Cc1ccc(-c2nnc(SCC(=O)Nc3cccc(C)c3C)c3nc(C)sc23)cc1. The van der Waals surface area contributed by atoms with Gasteiger partial charge in [-0.25, -0.2) is 4.98 Å². The Hall–Kier alpha value is -2.77. The molecule has 7 heteroatoms. The largest absolute Gasteiger partial charge is 0.325 e. The number of rotatable bonds is 5. The highest BCUT2D eigenvalue weighted by molar-refractivity contribution is 8.00. The summed E-state index contributed by atoms with van der Waals surface area (Å²) in [5, 5.41) is 13.5. The molecule has 2 aromatic carbocycles. The lowest BCUT2D eigenvalue weighted by atomic mass is 10.1. The van der Waals surface area contributed by atoms with Gasteiger partial charge in [0.05, 0.1) is 15.5 Å². The molecule has 30 heavy (non-hydrogen) atoms. The van der Waals surface area contributed by atoms with Crippen LogP contribution in [0.5, 0.6) is 0 Å². The summed E-state index contributed by atoms with van der Waals surface area (Å²) in [6.07, 6.45) is 0. The molecule has 0 bridgehead atoms. The Labute approximate surface area is 184 Å². The Bertz CT molecular complexity index is 1230. The minimum atomic E-state index is -0.0711. The lowest BCUT2D eigenvalue weighted by Gasteiger charge is -2.10. The molecule has 0 saturated carbocycles. The van der Waals surface area contributed by atoms with Gasteiger partial charge in [-0.3, -0.25) is 4.79 Å². The van der Waals surface area contributed by atoms with Gasteiger partial charge in [-0.15, -0.1) is 21.5 Å². The van der Waals surface area contributed by atoms with E-state index in [0.717, 1.165) is 43.3 Å². The number of carbonyl (C=O) groups is 1. The van der Waals surface area contributed by atoms with E-state index in [-0.39, 0.29) is 11.7 Å². The van der Waals surface area contributed by atoms with Crippen molar-refractivity contribution < 1.29 is 4.79 Å². The summed E-state index contributed by atoms with van der Waals surface area (Å²) in [5.41, 5.74) is 6.94. The Morgan fingerprint density at radius 2 is 1.80 bits per heavy atom. The summed E-state index contributed by atoms with van der Waals surface area (Å²) in [6, 6.07) is 14.1. The number of carbonyl (C=O) groups excluding carboxylic acids is 1. The second-order valence-corrected chi connectivity index (χ2v) is 9.38. The Kier molecular flexibility index (Phi) is 5.83. The van der Waals surface area contributed by atoms with Crippen LogP contribution in [0.25, 0.3) is 21.5 Å². The molecule has 0 spiro atoms. The average molecular weight is 435 g/mol. The molecular formula is C23H22N4OS2. The van der Waals surface area contributed by atoms with Crippen LogP contribution in [0.2, 0.25) is 0 Å². The number of thiazole rings is 1. The summed E-state index contributed by atoms with van der Waals surface area (Å²) in [6.45, 7) is 8.08. The number of anilines is 1. The zero-order chi connectivity index (χ0) is 21.3. The first-order chi connectivity index (χ1) is 14.4. The van der Waals surface area contributed by atoms with Crippen molar-refractivity contribution in [1.29, 1.82) is 0 Å². The van der Waals surface area contributed by atoms with Crippen molar-refractivity contribution in [3.8, 4) is 11.3 Å². The zero-order valence-electron chi connectivity index (χ0n) is 17.3. The average Bonchev–Trinajstić information content (AvgIpc) is 3.12. The van der Waals surface area contributed by atoms with Gasteiger partial charge in [-0.1, -0.05) is 53.7 Å². The van der Waals surface area contributed by atoms with E-state index in [9.17, 15) is 4.79 Å². The molecule has 0 aliphatic carbocycles. The Morgan fingerprint density at radius 1 is 1.03 bits per heavy atom. The molecule has 1 N–H and O–H groups in total. The number of aromatic nitrogens is 3.